The van der Waals surface area contributed by atoms with Gasteiger partial charge in [0.05, 0.1) is 0 Å². The van der Waals surface area contributed by atoms with Crippen LogP contribution in [0.5, 0.6) is 0 Å². The summed E-state index contributed by atoms with van der Waals surface area (Å²) in [4.78, 5) is 12.3. The maximum Gasteiger partial charge on any atom is 0.251 e. The van der Waals surface area contributed by atoms with Crippen LogP contribution in [-0.4, -0.2) is 23.5 Å². The van der Waals surface area contributed by atoms with E-state index in [-0.39, 0.29) is 10.7 Å². The number of carbonyl (C=O) groups is 1. The van der Waals surface area contributed by atoms with Crippen molar-refractivity contribution in [1.82, 2.24) is 10.6 Å². The summed E-state index contributed by atoms with van der Waals surface area (Å²) in [6.07, 6.45) is 7.20. The number of hydrogen-bond acceptors (Lipinski definition) is 3. The Balaban J connectivity index is 1.64. The first-order valence-electron chi connectivity index (χ1n) is 7.38. The molecule has 0 aromatic heterocycles. The predicted molar refractivity (Wildman–Crippen MR) is 84.0 cm³/mol. The fourth-order valence-corrected chi connectivity index (χ4v) is 4.17. The fourth-order valence-electron chi connectivity index (χ4n) is 3.25. The molecule has 1 saturated carbocycles. The van der Waals surface area contributed by atoms with Crippen LogP contribution in [-0.2, 0) is 13.1 Å². The molecule has 1 heterocycles. The van der Waals surface area contributed by atoms with Crippen LogP contribution in [0.25, 0.3) is 0 Å². The minimum atomic E-state index is 0.0695. The highest BCUT2D eigenvalue weighted by Gasteiger charge is 2.33. The van der Waals surface area contributed by atoms with Crippen molar-refractivity contribution in [2.45, 2.75) is 43.5 Å². The molecule has 1 aromatic rings. The Morgan fingerprint density at radius 3 is 2.80 bits per heavy atom. The summed E-state index contributed by atoms with van der Waals surface area (Å²) < 4.78 is 0.272. The lowest BCUT2D eigenvalue weighted by molar-refractivity contribution is 0.0949. The van der Waals surface area contributed by atoms with Gasteiger partial charge in [-0.15, -0.1) is 0 Å². The van der Waals surface area contributed by atoms with Crippen LogP contribution in [0.1, 0.15) is 47.2 Å². The largest absolute Gasteiger partial charge is 0.351 e. The molecule has 0 unspecified atom stereocenters. The number of benzene rings is 1. The molecule has 1 fully saturated rings. The van der Waals surface area contributed by atoms with Gasteiger partial charge in [-0.2, -0.15) is 11.8 Å². The molecule has 2 N–H and O–H groups in total. The van der Waals surface area contributed by atoms with E-state index < -0.39 is 0 Å². The molecule has 3 nitrogen and oxygen atoms in total. The normalized spacial score (nSPS) is 19.9. The zero-order chi connectivity index (χ0) is 14.0. The van der Waals surface area contributed by atoms with Crippen molar-refractivity contribution in [3.63, 3.8) is 0 Å². The summed E-state index contributed by atoms with van der Waals surface area (Å²) in [5.41, 5.74) is 3.37. The quantitative estimate of drug-likeness (QED) is 0.896. The first-order chi connectivity index (χ1) is 9.72. The Bertz CT molecular complexity index is 509. The molecule has 20 heavy (non-hydrogen) atoms. The second-order valence-electron chi connectivity index (χ2n) is 5.86. The molecule has 0 spiro atoms. The molecular weight excluding hydrogens is 268 g/mol. The zero-order valence-corrected chi connectivity index (χ0v) is 12.8. The molecule has 0 atom stereocenters. The van der Waals surface area contributed by atoms with E-state index in [4.69, 9.17) is 0 Å². The Morgan fingerprint density at radius 1 is 1.30 bits per heavy atom. The highest BCUT2D eigenvalue weighted by atomic mass is 32.2. The van der Waals surface area contributed by atoms with Gasteiger partial charge in [-0.3, -0.25) is 4.79 Å². The minimum absolute atomic E-state index is 0.0695. The van der Waals surface area contributed by atoms with Crippen molar-refractivity contribution >= 4 is 17.7 Å². The van der Waals surface area contributed by atoms with Gasteiger partial charge < -0.3 is 10.6 Å². The maximum atomic E-state index is 12.3. The first kappa shape index (κ1) is 14.0. The van der Waals surface area contributed by atoms with E-state index in [1.165, 1.54) is 36.8 Å². The summed E-state index contributed by atoms with van der Waals surface area (Å²) in [6.45, 7) is 2.60. The van der Waals surface area contributed by atoms with Crippen LogP contribution < -0.4 is 10.6 Å². The highest BCUT2D eigenvalue weighted by Crippen LogP contribution is 2.39. The number of fused-ring (bicyclic) bond motifs is 1. The van der Waals surface area contributed by atoms with Crippen molar-refractivity contribution in [2.75, 3.05) is 12.8 Å². The van der Waals surface area contributed by atoms with Crippen LogP contribution in [0.2, 0.25) is 0 Å². The van der Waals surface area contributed by atoms with Gasteiger partial charge in [0, 0.05) is 29.9 Å². The predicted octanol–water partition coefficient (Wildman–Crippen LogP) is 2.70. The average molecular weight is 290 g/mol. The molecule has 0 saturated heterocycles. The lowest BCUT2D eigenvalue weighted by atomic mass is 10.0. The Morgan fingerprint density at radius 2 is 2.05 bits per heavy atom. The van der Waals surface area contributed by atoms with Gasteiger partial charge in [0.1, 0.15) is 0 Å². The molecule has 1 amide bonds. The maximum absolute atomic E-state index is 12.3. The monoisotopic (exact) mass is 290 g/mol. The molecule has 108 valence electrons. The second-order valence-corrected chi connectivity index (χ2v) is 7.14. The minimum Gasteiger partial charge on any atom is -0.351 e. The van der Waals surface area contributed by atoms with Crippen molar-refractivity contribution in [1.29, 1.82) is 0 Å². The number of carbonyl (C=O) groups excluding carboxylic acids is 1. The topological polar surface area (TPSA) is 41.1 Å². The second kappa shape index (κ2) is 5.78. The van der Waals surface area contributed by atoms with E-state index >= 15 is 0 Å². The molecular formula is C16H22N2OS. The highest BCUT2D eigenvalue weighted by molar-refractivity contribution is 8.00. The van der Waals surface area contributed by atoms with E-state index in [1.807, 2.05) is 23.9 Å². The lowest BCUT2D eigenvalue weighted by Gasteiger charge is -2.26. The van der Waals surface area contributed by atoms with Gasteiger partial charge in [-0.25, -0.2) is 0 Å². The number of hydrogen-bond donors (Lipinski definition) is 2. The standard InChI is InChI=1S/C16H22N2OS/c1-20-16(6-2-3-7-16)11-18-15(19)12-4-5-13-9-17-10-14(13)8-12/h4-5,8,17H,2-3,6-7,9-11H2,1H3,(H,18,19). The van der Waals surface area contributed by atoms with Gasteiger partial charge in [-0.05, 0) is 42.4 Å². The van der Waals surface area contributed by atoms with Gasteiger partial charge >= 0.3 is 0 Å². The number of thioether (sulfide) groups is 1. The SMILES string of the molecule is CSC1(CNC(=O)c2ccc3c(c2)CNC3)CCCC1. The van der Waals surface area contributed by atoms with Crippen LogP contribution in [0.15, 0.2) is 18.2 Å². The van der Waals surface area contributed by atoms with Crippen molar-refractivity contribution < 1.29 is 4.79 Å². The van der Waals surface area contributed by atoms with Crippen molar-refractivity contribution in [3.8, 4) is 0 Å². The van der Waals surface area contributed by atoms with E-state index in [0.717, 1.165) is 25.2 Å². The zero-order valence-electron chi connectivity index (χ0n) is 12.0. The number of amides is 1. The van der Waals surface area contributed by atoms with Crippen molar-refractivity contribution in [2.24, 2.45) is 0 Å². The molecule has 3 rings (SSSR count). The molecule has 2 aliphatic rings. The molecule has 4 heteroatoms. The van der Waals surface area contributed by atoms with E-state index in [0.29, 0.717) is 0 Å². The van der Waals surface area contributed by atoms with Gasteiger partial charge in [-0.1, -0.05) is 18.9 Å². The third-order valence-corrected chi connectivity index (χ3v) is 6.04. The number of nitrogens with one attached hydrogen (secondary N) is 2. The van der Waals surface area contributed by atoms with Crippen LogP contribution >= 0.6 is 11.8 Å². The van der Waals surface area contributed by atoms with Crippen molar-refractivity contribution in [3.05, 3.63) is 34.9 Å². The van der Waals surface area contributed by atoms with Crippen LogP contribution in [0, 0.1) is 0 Å². The third-order valence-electron chi connectivity index (χ3n) is 4.62. The Kier molecular flexibility index (Phi) is 4.03. The number of rotatable bonds is 4. The summed E-state index contributed by atoms with van der Waals surface area (Å²) in [5, 5.41) is 6.45. The van der Waals surface area contributed by atoms with E-state index in [1.54, 1.807) is 0 Å². The smallest absolute Gasteiger partial charge is 0.251 e. The fraction of sp³-hybridized carbons (Fsp3) is 0.562. The van der Waals surface area contributed by atoms with Gasteiger partial charge in [0.2, 0.25) is 0 Å². The van der Waals surface area contributed by atoms with E-state index in [9.17, 15) is 4.79 Å². The van der Waals surface area contributed by atoms with Crippen LogP contribution in [0.3, 0.4) is 0 Å². The first-order valence-corrected chi connectivity index (χ1v) is 8.61. The summed E-state index contributed by atoms with van der Waals surface area (Å²) in [6, 6.07) is 6.05. The lowest BCUT2D eigenvalue weighted by Crippen LogP contribution is -2.38. The van der Waals surface area contributed by atoms with E-state index in [2.05, 4.69) is 23.0 Å². The summed E-state index contributed by atoms with van der Waals surface area (Å²) >= 11 is 1.91. The molecule has 0 radical (unpaired) electrons. The molecule has 1 aliphatic carbocycles. The molecule has 1 aliphatic heterocycles. The van der Waals surface area contributed by atoms with Gasteiger partial charge in [0.25, 0.3) is 5.91 Å². The van der Waals surface area contributed by atoms with Gasteiger partial charge in [0.15, 0.2) is 0 Å². The Hall–Kier alpha value is -1.00. The van der Waals surface area contributed by atoms with Crippen LogP contribution in [0.4, 0.5) is 0 Å². The summed E-state index contributed by atoms with van der Waals surface area (Å²) in [5.74, 6) is 0.0695. The molecule has 0 bridgehead atoms. The Labute approximate surface area is 124 Å². The summed E-state index contributed by atoms with van der Waals surface area (Å²) in [7, 11) is 0. The third kappa shape index (κ3) is 2.72. The average Bonchev–Trinajstić information content (AvgIpc) is 3.13. The molecule has 1 aromatic carbocycles.